The molecule has 6 heteroatoms. The molecular formula is C20H22ClF3N2. The Morgan fingerprint density at radius 3 is 2.58 bits per heavy atom. The van der Waals surface area contributed by atoms with Gasteiger partial charge in [0.25, 0.3) is 0 Å². The minimum atomic E-state index is -4.30. The van der Waals surface area contributed by atoms with E-state index in [9.17, 15) is 13.2 Å². The minimum absolute atomic E-state index is 0. The third-order valence-electron chi connectivity index (χ3n) is 4.58. The summed E-state index contributed by atoms with van der Waals surface area (Å²) in [5, 5.41) is 0. The van der Waals surface area contributed by atoms with E-state index in [4.69, 9.17) is 0 Å². The molecule has 3 rings (SSSR count). The maximum Gasteiger partial charge on any atom is 0.416 e. The molecule has 140 valence electrons. The van der Waals surface area contributed by atoms with Gasteiger partial charge < -0.3 is 0 Å². The topological polar surface area (TPSA) is 16.1 Å². The zero-order valence-electron chi connectivity index (χ0n) is 14.5. The molecule has 0 aliphatic carbocycles. The van der Waals surface area contributed by atoms with Gasteiger partial charge in [-0.15, -0.1) is 12.4 Å². The molecule has 1 atom stereocenters. The van der Waals surface area contributed by atoms with Gasteiger partial charge in [0.15, 0.2) is 0 Å². The lowest BCUT2D eigenvalue weighted by molar-refractivity contribution is -0.137. The van der Waals surface area contributed by atoms with Crippen molar-refractivity contribution in [1.29, 1.82) is 0 Å². The van der Waals surface area contributed by atoms with Crippen molar-refractivity contribution < 1.29 is 13.2 Å². The fraction of sp³-hybridized carbons (Fsp3) is 0.350. The summed E-state index contributed by atoms with van der Waals surface area (Å²) >= 11 is 0. The van der Waals surface area contributed by atoms with Gasteiger partial charge in [0.05, 0.1) is 5.56 Å². The molecule has 1 aromatic carbocycles. The Labute approximate surface area is 158 Å². The Bertz CT molecular complexity index is 744. The van der Waals surface area contributed by atoms with E-state index < -0.39 is 11.7 Å². The molecule has 0 N–H and O–H groups in total. The largest absolute Gasteiger partial charge is 0.416 e. The summed E-state index contributed by atoms with van der Waals surface area (Å²) in [5.74, 6) is 0.324. The number of benzene rings is 1. The summed E-state index contributed by atoms with van der Waals surface area (Å²) in [7, 11) is 0. The molecule has 0 bridgehead atoms. The third kappa shape index (κ3) is 5.08. The van der Waals surface area contributed by atoms with E-state index in [0.717, 1.165) is 43.4 Å². The number of halogens is 4. The highest BCUT2D eigenvalue weighted by molar-refractivity contribution is 5.85. The average Bonchev–Trinajstić information content (AvgIpc) is 2.62. The number of nitrogens with zero attached hydrogens (tertiary/aromatic N) is 2. The van der Waals surface area contributed by atoms with Crippen LogP contribution in [0.15, 0.2) is 54.7 Å². The maximum absolute atomic E-state index is 12.9. The molecule has 0 fully saturated rings. The van der Waals surface area contributed by atoms with Crippen molar-refractivity contribution in [3.05, 3.63) is 71.6 Å². The molecule has 1 aromatic heterocycles. The van der Waals surface area contributed by atoms with Crippen LogP contribution in [-0.4, -0.2) is 29.5 Å². The van der Waals surface area contributed by atoms with E-state index >= 15 is 0 Å². The maximum atomic E-state index is 12.9. The summed E-state index contributed by atoms with van der Waals surface area (Å²) in [6.45, 7) is 4.64. The van der Waals surface area contributed by atoms with Gasteiger partial charge in [-0.05, 0) is 41.8 Å². The van der Waals surface area contributed by atoms with Gasteiger partial charge in [0.2, 0.25) is 0 Å². The van der Waals surface area contributed by atoms with Crippen LogP contribution in [0.2, 0.25) is 0 Å². The zero-order chi connectivity index (χ0) is 17.9. The van der Waals surface area contributed by atoms with E-state index in [2.05, 4.69) is 16.8 Å². The van der Waals surface area contributed by atoms with Crippen molar-refractivity contribution in [2.24, 2.45) is 0 Å². The monoisotopic (exact) mass is 382 g/mol. The van der Waals surface area contributed by atoms with E-state index in [-0.39, 0.29) is 12.4 Å². The van der Waals surface area contributed by atoms with Crippen LogP contribution in [0.1, 0.15) is 36.1 Å². The van der Waals surface area contributed by atoms with Crippen LogP contribution in [0.3, 0.4) is 0 Å². The first-order valence-corrected chi connectivity index (χ1v) is 8.43. The van der Waals surface area contributed by atoms with E-state index in [1.807, 2.05) is 24.3 Å². The number of hydrogen-bond acceptors (Lipinski definition) is 2. The van der Waals surface area contributed by atoms with Crippen LogP contribution in [0, 0.1) is 0 Å². The molecule has 1 aliphatic heterocycles. The molecule has 2 nitrogen and oxygen atoms in total. The average molecular weight is 383 g/mol. The second kappa shape index (κ2) is 8.69. The van der Waals surface area contributed by atoms with Crippen molar-refractivity contribution in [1.82, 2.24) is 9.88 Å². The van der Waals surface area contributed by atoms with Gasteiger partial charge in [-0.2, -0.15) is 13.2 Å². The van der Waals surface area contributed by atoms with Gasteiger partial charge in [-0.1, -0.05) is 31.2 Å². The second-order valence-corrected chi connectivity index (χ2v) is 6.47. The van der Waals surface area contributed by atoms with Gasteiger partial charge in [-0.25, -0.2) is 0 Å². The lowest BCUT2D eigenvalue weighted by Crippen LogP contribution is -2.32. The van der Waals surface area contributed by atoms with Crippen LogP contribution in [0.25, 0.3) is 5.57 Å². The lowest BCUT2D eigenvalue weighted by atomic mass is 9.97. The van der Waals surface area contributed by atoms with E-state index in [1.165, 1.54) is 12.1 Å². The molecule has 0 amide bonds. The van der Waals surface area contributed by atoms with Crippen molar-refractivity contribution >= 4 is 18.0 Å². The summed E-state index contributed by atoms with van der Waals surface area (Å²) in [5.41, 5.74) is 2.15. The lowest BCUT2D eigenvalue weighted by Gasteiger charge is -2.29. The first-order valence-electron chi connectivity index (χ1n) is 8.43. The van der Waals surface area contributed by atoms with Gasteiger partial charge >= 0.3 is 6.18 Å². The van der Waals surface area contributed by atoms with Gasteiger partial charge in [0, 0.05) is 37.4 Å². The molecule has 2 aromatic rings. The molecule has 1 aliphatic rings. The van der Waals surface area contributed by atoms with Crippen LogP contribution in [0.4, 0.5) is 13.2 Å². The van der Waals surface area contributed by atoms with Crippen LogP contribution < -0.4 is 0 Å². The van der Waals surface area contributed by atoms with E-state index in [1.54, 1.807) is 12.3 Å². The van der Waals surface area contributed by atoms with Crippen LogP contribution in [0.5, 0.6) is 0 Å². The third-order valence-corrected chi connectivity index (χ3v) is 4.58. The van der Waals surface area contributed by atoms with E-state index in [0.29, 0.717) is 11.5 Å². The quantitative estimate of drug-likeness (QED) is 0.702. The Hall–Kier alpha value is -1.85. The Balaban J connectivity index is 0.00000243. The number of aromatic nitrogens is 1. The molecule has 0 radical (unpaired) electrons. The zero-order valence-corrected chi connectivity index (χ0v) is 15.4. The number of rotatable bonds is 4. The smallest absolute Gasteiger partial charge is 0.299 e. The highest BCUT2D eigenvalue weighted by Gasteiger charge is 2.30. The van der Waals surface area contributed by atoms with Crippen LogP contribution in [-0.2, 0) is 6.18 Å². The fourth-order valence-corrected chi connectivity index (χ4v) is 3.18. The second-order valence-electron chi connectivity index (χ2n) is 6.47. The number of hydrogen-bond donors (Lipinski definition) is 0. The first-order chi connectivity index (χ1) is 11.9. The predicted octanol–water partition coefficient (Wildman–Crippen LogP) is 5.42. The summed E-state index contributed by atoms with van der Waals surface area (Å²) in [6.07, 6.45) is 0.309. The Morgan fingerprint density at radius 1 is 1.15 bits per heavy atom. The number of alkyl halides is 3. The first kappa shape index (κ1) is 20.5. The van der Waals surface area contributed by atoms with Crippen molar-refractivity contribution in [2.45, 2.75) is 25.4 Å². The highest BCUT2D eigenvalue weighted by Crippen LogP contribution is 2.32. The highest BCUT2D eigenvalue weighted by atomic mass is 35.5. The Kier molecular flexibility index (Phi) is 6.84. The molecule has 26 heavy (non-hydrogen) atoms. The van der Waals surface area contributed by atoms with Crippen molar-refractivity contribution in [3.63, 3.8) is 0 Å². The molecule has 0 spiro atoms. The summed E-state index contributed by atoms with van der Waals surface area (Å²) in [6, 6.07) is 11.5. The molecule has 0 saturated heterocycles. The predicted molar refractivity (Wildman–Crippen MR) is 100 cm³/mol. The van der Waals surface area contributed by atoms with Crippen molar-refractivity contribution in [3.8, 4) is 0 Å². The minimum Gasteiger partial charge on any atom is -0.299 e. The van der Waals surface area contributed by atoms with Gasteiger partial charge in [0.1, 0.15) is 0 Å². The standard InChI is InChI=1S/C20H21F3N2.ClH/c1-15(19-7-2-3-10-24-19)14-25-11-8-16(9-12-25)17-5-4-6-18(13-17)20(21,22)23;/h2-8,10,13,15H,9,11-12,14H2,1H3;1H. The van der Waals surface area contributed by atoms with Gasteiger partial charge in [-0.3, -0.25) is 9.88 Å². The summed E-state index contributed by atoms with van der Waals surface area (Å²) in [4.78, 5) is 6.71. The van der Waals surface area contributed by atoms with Crippen LogP contribution >= 0.6 is 12.4 Å². The molecule has 1 unspecified atom stereocenters. The Morgan fingerprint density at radius 2 is 1.96 bits per heavy atom. The summed E-state index contributed by atoms with van der Waals surface area (Å²) < 4.78 is 38.6. The normalized spacial score (nSPS) is 16.5. The fourth-order valence-electron chi connectivity index (χ4n) is 3.18. The number of pyridine rings is 1. The van der Waals surface area contributed by atoms with Crippen molar-refractivity contribution in [2.75, 3.05) is 19.6 Å². The molecule has 2 heterocycles. The molecular weight excluding hydrogens is 361 g/mol. The molecule has 0 saturated carbocycles. The SMILES string of the molecule is CC(CN1CC=C(c2cccc(C(F)(F)F)c2)CC1)c1ccccn1.Cl.